The van der Waals surface area contributed by atoms with Gasteiger partial charge in [0.2, 0.25) is 5.91 Å². The van der Waals surface area contributed by atoms with Gasteiger partial charge in [0.1, 0.15) is 5.75 Å². The summed E-state index contributed by atoms with van der Waals surface area (Å²) in [4.78, 5) is 16.1. The Morgan fingerprint density at radius 3 is 2.82 bits per heavy atom. The Hall–Kier alpha value is -2.06. The highest BCUT2D eigenvalue weighted by Gasteiger charge is 2.28. The van der Waals surface area contributed by atoms with Crippen molar-refractivity contribution in [2.75, 3.05) is 33.8 Å². The number of benzene rings is 1. The number of nitriles is 1. The van der Waals surface area contributed by atoms with Crippen LogP contribution >= 0.6 is 0 Å². The molecule has 0 spiro atoms. The van der Waals surface area contributed by atoms with Crippen LogP contribution < -0.4 is 4.74 Å². The van der Waals surface area contributed by atoms with Crippen molar-refractivity contribution in [1.82, 2.24) is 9.80 Å². The quantitative estimate of drug-likeness (QED) is 0.808. The van der Waals surface area contributed by atoms with Crippen molar-refractivity contribution in [3.8, 4) is 11.8 Å². The van der Waals surface area contributed by atoms with Crippen LogP contribution in [0.1, 0.15) is 30.9 Å². The van der Waals surface area contributed by atoms with Gasteiger partial charge in [-0.15, -0.1) is 0 Å². The summed E-state index contributed by atoms with van der Waals surface area (Å²) in [5.74, 6) is 0.927. The fourth-order valence-electron chi connectivity index (χ4n) is 2.86. The highest BCUT2D eigenvalue weighted by Crippen LogP contribution is 2.32. The van der Waals surface area contributed by atoms with E-state index in [0.29, 0.717) is 25.6 Å². The number of likely N-dealkylation sites (tertiary alicyclic amines) is 1. The number of amides is 1. The average Bonchev–Trinajstić information content (AvgIpc) is 3.00. The van der Waals surface area contributed by atoms with E-state index in [1.54, 1.807) is 19.1 Å². The molecule has 0 bridgehead atoms. The molecule has 118 valence electrons. The molecule has 1 aromatic rings. The lowest BCUT2D eigenvalue weighted by Crippen LogP contribution is -2.38. The second-order valence-corrected chi connectivity index (χ2v) is 5.63. The predicted molar refractivity (Wildman–Crippen MR) is 84.4 cm³/mol. The molecule has 0 aliphatic carbocycles. The van der Waals surface area contributed by atoms with E-state index in [1.165, 1.54) is 5.56 Å². The zero-order chi connectivity index (χ0) is 15.9. The average molecular weight is 301 g/mol. The Balaban J connectivity index is 1.98. The van der Waals surface area contributed by atoms with Gasteiger partial charge in [0.05, 0.1) is 26.1 Å². The van der Waals surface area contributed by atoms with Crippen LogP contribution in [-0.2, 0) is 4.79 Å². The molecule has 5 heteroatoms. The monoisotopic (exact) mass is 301 g/mol. The van der Waals surface area contributed by atoms with Gasteiger partial charge >= 0.3 is 0 Å². The van der Waals surface area contributed by atoms with Crippen LogP contribution in [0.15, 0.2) is 24.3 Å². The molecule has 22 heavy (non-hydrogen) atoms. The molecule has 1 amide bonds. The van der Waals surface area contributed by atoms with Crippen LogP contribution in [0.25, 0.3) is 0 Å². The summed E-state index contributed by atoms with van der Waals surface area (Å²) in [6.45, 7) is 1.85. The van der Waals surface area contributed by atoms with Gasteiger partial charge in [-0.05, 0) is 37.1 Å². The summed E-state index contributed by atoms with van der Waals surface area (Å²) in [6, 6.07) is 10.4. The molecule has 0 radical (unpaired) electrons. The van der Waals surface area contributed by atoms with E-state index >= 15 is 0 Å². The molecule has 1 heterocycles. The molecular formula is C17H23N3O2. The van der Waals surface area contributed by atoms with Gasteiger partial charge < -0.3 is 9.64 Å². The van der Waals surface area contributed by atoms with Crippen LogP contribution in [-0.4, -0.2) is 49.5 Å². The normalized spacial score (nSPS) is 18.0. The number of likely N-dealkylation sites (N-methyl/N-ethyl adjacent to an activating group) is 1. The minimum Gasteiger partial charge on any atom is -0.497 e. The maximum atomic E-state index is 12.2. The zero-order valence-corrected chi connectivity index (χ0v) is 13.3. The van der Waals surface area contributed by atoms with Crippen molar-refractivity contribution in [3.05, 3.63) is 29.8 Å². The Labute approximate surface area is 132 Å². The first-order valence-corrected chi connectivity index (χ1v) is 7.64. The second-order valence-electron chi connectivity index (χ2n) is 5.63. The fourth-order valence-corrected chi connectivity index (χ4v) is 2.86. The zero-order valence-electron chi connectivity index (χ0n) is 13.3. The van der Waals surface area contributed by atoms with Gasteiger partial charge in [0.25, 0.3) is 0 Å². The van der Waals surface area contributed by atoms with Crippen molar-refractivity contribution in [3.63, 3.8) is 0 Å². The van der Waals surface area contributed by atoms with Crippen molar-refractivity contribution in [2.45, 2.75) is 25.3 Å². The maximum absolute atomic E-state index is 12.2. The van der Waals surface area contributed by atoms with E-state index in [0.717, 1.165) is 25.1 Å². The topological polar surface area (TPSA) is 56.6 Å². The van der Waals surface area contributed by atoms with E-state index in [2.05, 4.69) is 23.1 Å². The molecule has 0 aromatic heterocycles. The minimum atomic E-state index is 0.0793. The lowest BCUT2D eigenvalue weighted by atomic mass is 10.0. The number of carbonyl (C=O) groups excluding carboxylic acids is 1. The lowest BCUT2D eigenvalue weighted by molar-refractivity contribution is -0.131. The van der Waals surface area contributed by atoms with Gasteiger partial charge in [-0.25, -0.2) is 0 Å². The minimum absolute atomic E-state index is 0.0793. The lowest BCUT2D eigenvalue weighted by Gasteiger charge is -2.26. The van der Waals surface area contributed by atoms with Gasteiger partial charge in [0, 0.05) is 19.6 Å². The highest BCUT2D eigenvalue weighted by atomic mass is 16.5. The Morgan fingerprint density at radius 1 is 1.45 bits per heavy atom. The highest BCUT2D eigenvalue weighted by molar-refractivity contribution is 5.78. The number of rotatable bonds is 6. The first-order valence-electron chi connectivity index (χ1n) is 7.64. The van der Waals surface area contributed by atoms with Gasteiger partial charge in [-0.2, -0.15) is 5.26 Å². The van der Waals surface area contributed by atoms with Gasteiger partial charge in [-0.3, -0.25) is 9.69 Å². The third-order valence-corrected chi connectivity index (χ3v) is 4.19. The summed E-state index contributed by atoms with van der Waals surface area (Å²) in [5, 5.41) is 8.61. The number of nitrogens with zero attached hydrogens (tertiary/aromatic N) is 3. The molecule has 5 nitrogen and oxygen atoms in total. The molecule has 0 N–H and O–H groups in total. The Bertz CT molecular complexity index is 536. The van der Waals surface area contributed by atoms with Crippen molar-refractivity contribution >= 4 is 5.91 Å². The van der Waals surface area contributed by atoms with Crippen LogP contribution in [0.2, 0.25) is 0 Å². The number of hydrogen-bond donors (Lipinski definition) is 0. The van der Waals surface area contributed by atoms with E-state index < -0.39 is 0 Å². The number of ether oxygens (including phenoxy) is 1. The van der Waals surface area contributed by atoms with E-state index in [-0.39, 0.29) is 5.91 Å². The summed E-state index contributed by atoms with van der Waals surface area (Å²) < 4.78 is 5.19. The maximum Gasteiger partial charge on any atom is 0.236 e. The van der Waals surface area contributed by atoms with Crippen molar-refractivity contribution < 1.29 is 9.53 Å². The Kier molecular flexibility index (Phi) is 5.79. The molecule has 1 unspecified atom stereocenters. The van der Waals surface area contributed by atoms with Gasteiger partial charge in [-0.1, -0.05) is 12.1 Å². The molecule has 2 rings (SSSR count). The summed E-state index contributed by atoms with van der Waals surface area (Å²) in [7, 11) is 3.42. The summed E-state index contributed by atoms with van der Waals surface area (Å²) in [6.07, 6.45) is 2.55. The standard InChI is InChI=1S/C17H23N3O2/c1-19(11-4-10-18)17(21)13-20-12-3-5-16(20)14-6-8-15(22-2)9-7-14/h6-9,16H,3-5,11-13H2,1-2H3. The largest absolute Gasteiger partial charge is 0.497 e. The second kappa shape index (κ2) is 7.81. The van der Waals surface area contributed by atoms with E-state index in [9.17, 15) is 4.79 Å². The van der Waals surface area contributed by atoms with Crippen LogP contribution in [0, 0.1) is 11.3 Å². The molecule has 1 aromatic carbocycles. The molecule has 1 aliphatic rings. The third-order valence-electron chi connectivity index (χ3n) is 4.19. The smallest absolute Gasteiger partial charge is 0.236 e. The van der Waals surface area contributed by atoms with E-state index in [4.69, 9.17) is 10.00 Å². The van der Waals surface area contributed by atoms with Crippen LogP contribution in [0.3, 0.4) is 0 Å². The number of carbonyl (C=O) groups is 1. The molecule has 1 aliphatic heterocycles. The first kappa shape index (κ1) is 16.3. The van der Waals surface area contributed by atoms with Crippen molar-refractivity contribution in [1.29, 1.82) is 5.26 Å². The van der Waals surface area contributed by atoms with Crippen LogP contribution in [0.5, 0.6) is 5.75 Å². The van der Waals surface area contributed by atoms with E-state index in [1.807, 2.05) is 12.1 Å². The summed E-state index contributed by atoms with van der Waals surface area (Å²) in [5.41, 5.74) is 1.23. The summed E-state index contributed by atoms with van der Waals surface area (Å²) >= 11 is 0. The molecule has 1 saturated heterocycles. The van der Waals surface area contributed by atoms with Gasteiger partial charge in [0.15, 0.2) is 0 Å². The molecule has 1 atom stereocenters. The molecule has 0 saturated carbocycles. The number of methoxy groups -OCH3 is 1. The number of hydrogen-bond acceptors (Lipinski definition) is 4. The van der Waals surface area contributed by atoms with Crippen LogP contribution in [0.4, 0.5) is 0 Å². The predicted octanol–water partition coefficient (Wildman–Crippen LogP) is 2.20. The SMILES string of the molecule is COc1ccc(C2CCCN2CC(=O)N(C)CCC#N)cc1. The molecular weight excluding hydrogens is 278 g/mol. The fraction of sp³-hybridized carbons (Fsp3) is 0.529. The Morgan fingerprint density at radius 2 is 2.18 bits per heavy atom. The van der Waals surface area contributed by atoms with Crippen molar-refractivity contribution in [2.24, 2.45) is 0 Å². The first-order chi connectivity index (χ1) is 10.7. The third kappa shape index (κ3) is 3.99. The molecule has 1 fully saturated rings.